The fourth-order valence-corrected chi connectivity index (χ4v) is 2.70. The van der Waals surface area contributed by atoms with Crippen LogP contribution in [-0.2, 0) is 0 Å². The van der Waals surface area contributed by atoms with Crippen LogP contribution < -0.4 is 16.8 Å². The molecule has 3 aromatic carbocycles. The van der Waals surface area contributed by atoms with Gasteiger partial charge in [-0.2, -0.15) is 0 Å². The molecule has 0 aliphatic rings. The van der Waals surface area contributed by atoms with Crippen molar-refractivity contribution in [3.63, 3.8) is 0 Å². The lowest BCUT2D eigenvalue weighted by molar-refractivity contribution is 0.102. The predicted octanol–water partition coefficient (Wildman–Crippen LogP) is 3.65. The lowest BCUT2D eigenvalue weighted by Crippen LogP contribution is -2.11. The van der Waals surface area contributed by atoms with Crippen molar-refractivity contribution in [2.24, 2.45) is 0 Å². The molecule has 1 heterocycles. The lowest BCUT2D eigenvalue weighted by Gasteiger charge is -2.05. The first-order valence-corrected chi connectivity index (χ1v) is 8.11. The molecule has 6 nitrogen and oxygen atoms in total. The van der Waals surface area contributed by atoms with Gasteiger partial charge in [0.1, 0.15) is 5.82 Å². The maximum Gasteiger partial charge on any atom is 0.255 e. The van der Waals surface area contributed by atoms with Crippen LogP contribution in [0.5, 0.6) is 0 Å². The van der Waals surface area contributed by atoms with Crippen molar-refractivity contribution in [3.05, 3.63) is 72.3 Å². The van der Waals surface area contributed by atoms with E-state index >= 15 is 0 Å². The lowest BCUT2D eigenvalue weighted by atomic mass is 10.2. The molecule has 0 unspecified atom stereocenters. The molecule has 0 aliphatic heterocycles. The van der Waals surface area contributed by atoms with Gasteiger partial charge in [0.05, 0.1) is 11.0 Å². The monoisotopic (exact) mass is 343 g/mol. The highest BCUT2D eigenvalue weighted by atomic mass is 16.1. The Kier molecular flexibility index (Phi) is 3.78. The summed E-state index contributed by atoms with van der Waals surface area (Å²) in [5.74, 6) is 0.538. The van der Waals surface area contributed by atoms with E-state index in [1.54, 1.807) is 36.4 Å². The first-order valence-electron chi connectivity index (χ1n) is 8.11. The van der Waals surface area contributed by atoms with Gasteiger partial charge in [0.25, 0.3) is 5.91 Å². The van der Waals surface area contributed by atoms with Crippen LogP contribution in [0.25, 0.3) is 22.4 Å². The summed E-state index contributed by atoms with van der Waals surface area (Å²) in [5, 5.41) is 2.85. The number of nitrogens with two attached hydrogens (primary N) is 2. The summed E-state index contributed by atoms with van der Waals surface area (Å²) in [7, 11) is 0. The van der Waals surface area contributed by atoms with Gasteiger partial charge >= 0.3 is 0 Å². The number of aromatic nitrogens is 2. The number of amides is 1. The molecule has 0 saturated heterocycles. The van der Waals surface area contributed by atoms with Crippen molar-refractivity contribution in [3.8, 4) is 11.4 Å². The number of rotatable bonds is 3. The summed E-state index contributed by atoms with van der Waals surface area (Å²) in [6.07, 6.45) is 0. The second kappa shape index (κ2) is 6.25. The van der Waals surface area contributed by atoms with Gasteiger partial charge in [0, 0.05) is 28.2 Å². The molecule has 4 aromatic rings. The van der Waals surface area contributed by atoms with Crippen LogP contribution in [-0.4, -0.2) is 15.9 Å². The molecule has 4 rings (SSSR count). The van der Waals surface area contributed by atoms with Gasteiger partial charge in [-0.15, -0.1) is 0 Å². The number of H-pyrrole nitrogens is 1. The Morgan fingerprint density at radius 1 is 0.885 bits per heavy atom. The van der Waals surface area contributed by atoms with Gasteiger partial charge < -0.3 is 21.8 Å². The molecule has 0 fully saturated rings. The van der Waals surface area contributed by atoms with E-state index in [1.165, 1.54) is 0 Å². The topological polar surface area (TPSA) is 110 Å². The van der Waals surface area contributed by atoms with Crippen LogP contribution in [0.2, 0.25) is 0 Å². The number of hydrogen-bond donors (Lipinski definition) is 4. The minimum absolute atomic E-state index is 0.194. The zero-order valence-electron chi connectivity index (χ0n) is 13.9. The van der Waals surface area contributed by atoms with Crippen molar-refractivity contribution < 1.29 is 4.79 Å². The quantitative estimate of drug-likeness (QED) is 0.426. The molecule has 0 aliphatic carbocycles. The third-order valence-corrected chi connectivity index (χ3v) is 4.10. The molecule has 6 N–H and O–H groups in total. The van der Waals surface area contributed by atoms with Gasteiger partial charge in [-0.3, -0.25) is 4.79 Å². The molecule has 1 aromatic heterocycles. The number of fused-ring (bicyclic) bond motifs is 1. The number of anilines is 3. The molecule has 128 valence electrons. The molecular weight excluding hydrogens is 326 g/mol. The fraction of sp³-hybridized carbons (Fsp3) is 0. The average molecular weight is 343 g/mol. The van der Waals surface area contributed by atoms with Crippen molar-refractivity contribution in [2.45, 2.75) is 0 Å². The first-order chi connectivity index (χ1) is 12.6. The van der Waals surface area contributed by atoms with E-state index in [-0.39, 0.29) is 5.91 Å². The Labute approximate surface area is 149 Å². The number of benzene rings is 3. The van der Waals surface area contributed by atoms with E-state index in [9.17, 15) is 4.79 Å². The first kappa shape index (κ1) is 15.7. The molecule has 1 amide bonds. The summed E-state index contributed by atoms with van der Waals surface area (Å²) in [6.45, 7) is 0. The number of imidazole rings is 1. The number of nitrogen functional groups attached to an aromatic ring is 2. The van der Waals surface area contributed by atoms with Gasteiger partial charge in [0.2, 0.25) is 0 Å². The maximum atomic E-state index is 12.5. The van der Waals surface area contributed by atoms with E-state index in [4.69, 9.17) is 11.5 Å². The number of nitrogens with zero attached hydrogens (tertiary/aromatic N) is 1. The standard InChI is InChI=1S/C20H17N5O/c21-14-4-1-12(2-5-14)19-24-17-10-3-13(11-18(17)25-19)20(26)23-16-8-6-15(22)7-9-16/h1-11H,21-22H2,(H,23,26)(H,24,25). The van der Waals surface area contributed by atoms with Crippen LogP contribution in [0.3, 0.4) is 0 Å². The fourth-order valence-electron chi connectivity index (χ4n) is 2.70. The summed E-state index contributed by atoms with van der Waals surface area (Å²) in [6, 6.07) is 19.8. The summed E-state index contributed by atoms with van der Waals surface area (Å²) >= 11 is 0. The minimum atomic E-state index is -0.194. The summed E-state index contributed by atoms with van der Waals surface area (Å²) < 4.78 is 0. The second-order valence-electron chi connectivity index (χ2n) is 6.02. The highest BCUT2D eigenvalue weighted by Crippen LogP contribution is 2.22. The SMILES string of the molecule is Nc1ccc(NC(=O)c2ccc3nc(-c4ccc(N)cc4)[nH]c3c2)cc1. The smallest absolute Gasteiger partial charge is 0.255 e. The molecule has 0 bridgehead atoms. The van der Waals surface area contributed by atoms with E-state index in [1.807, 2.05) is 30.3 Å². The second-order valence-corrected chi connectivity index (χ2v) is 6.02. The number of aromatic amines is 1. The third kappa shape index (κ3) is 3.08. The van der Waals surface area contributed by atoms with E-state index < -0.39 is 0 Å². The minimum Gasteiger partial charge on any atom is -0.399 e. The molecule has 0 spiro atoms. The zero-order chi connectivity index (χ0) is 18.1. The number of carbonyl (C=O) groups excluding carboxylic acids is 1. The summed E-state index contributed by atoms with van der Waals surface area (Å²) in [5.41, 5.74) is 16.5. The molecular formula is C20H17N5O. The van der Waals surface area contributed by atoms with Gasteiger partial charge in [-0.1, -0.05) is 0 Å². The van der Waals surface area contributed by atoms with Crippen molar-refractivity contribution >= 4 is 34.0 Å². The zero-order valence-corrected chi connectivity index (χ0v) is 13.9. The number of nitrogens with one attached hydrogen (secondary N) is 2. The highest BCUT2D eigenvalue weighted by Gasteiger charge is 2.10. The maximum absolute atomic E-state index is 12.5. The molecule has 26 heavy (non-hydrogen) atoms. The van der Waals surface area contributed by atoms with Crippen molar-refractivity contribution in [2.75, 3.05) is 16.8 Å². The van der Waals surface area contributed by atoms with Crippen molar-refractivity contribution in [1.82, 2.24) is 9.97 Å². The van der Waals surface area contributed by atoms with Crippen LogP contribution in [0, 0.1) is 0 Å². The Balaban J connectivity index is 1.61. The molecule has 0 atom stereocenters. The van der Waals surface area contributed by atoms with Gasteiger partial charge in [-0.05, 0) is 66.7 Å². The van der Waals surface area contributed by atoms with Gasteiger partial charge in [0.15, 0.2) is 0 Å². The van der Waals surface area contributed by atoms with E-state index in [0.717, 1.165) is 22.4 Å². The average Bonchev–Trinajstić information content (AvgIpc) is 3.07. The van der Waals surface area contributed by atoms with Crippen LogP contribution in [0.4, 0.5) is 17.1 Å². The van der Waals surface area contributed by atoms with Gasteiger partial charge in [-0.25, -0.2) is 4.98 Å². The summed E-state index contributed by atoms with van der Waals surface area (Å²) in [4.78, 5) is 20.3. The molecule has 0 radical (unpaired) electrons. The predicted molar refractivity (Wildman–Crippen MR) is 105 cm³/mol. The van der Waals surface area contributed by atoms with Crippen molar-refractivity contribution in [1.29, 1.82) is 0 Å². The van der Waals surface area contributed by atoms with E-state index in [2.05, 4.69) is 15.3 Å². The Bertz CT molecular complexity index is 1080. The highest BCUT2D eigenvalue weighted by molar-refractivity contribution is 6.06. The number of hydrogen-bond acceptors (Lipinski definition) is 4. The van der Waals surface area contributed by atoms with Crippen LogP contribution in [0.1, 0.15) is 10.4 Å². The third-order valence-electron chi connectivity index (χ3n) is 4.10. The normalized spacial score (nSPS) is 10.8. The largest absolute Gasteiger partial charge is 0.399 e. The Morgan fingerprint density at radius 3 is 2.23 bits per heavy atom. The Hall–Kier alpha value is -3.80. The van der Waals surface area contributed by atoms with Crippen LogP contribution >= 0.6 is 0 Å². The molecule has 0 saturated carbocycles. The Morgan fingerprint density at radius 2 is 1.54 bits per heavy atom. The molecule has 6 heteroatoms. The van der Waals surface area contributed by atoms with E-state index in [0.29, 0.717) is 22.6 Å². The number of carbonyl (C=O) groups is 1. The van der Waals surface area contributed by atoms with Crippen LogP contribution in [0.15, 0.2) is 66.7 Å².